The predicted octanol–water partition coefficient (Wildman–Crippen LogP) is 1.74. The third kappa shape index (κ3) is 3.22. The summed E-state index contributed by atoms with van der Waals surface area (Å²) in [5.74, 6) is 0.826. The summed E-state index contributed by atoms with van der Waals surface area (Å²) >= 11 is 1.42. The fourth-order valence-corrected chi connectivity index (χ4v) is 4.68. The zero-order valence-electron chi connectivity index (χ0n) is 16.2. The van der Waals surface area contributed by atoms with Crippen molar-refractivity contribution in [1.29, 1.82) is 0 Å². The Labute approximate surface area is 168 Å². The van der Waals surface area contributed by atoms with Crippen LogP contribution in [0.3, 0.4) is 0 Å². The number of imidazole rings is 1. The number of carbonyl (C=O) groups excluding carboxylic acids is 2. The minimum absolute atomic E-state index is 0.0182. The minimum Gasteiger partial charge on any atom is -0.352 e. The third-order valence-corrected chi connectivity index (χ3v) is 6.30. The van der Waals surface area contributed by atoms with Crippen LogP contribution >= 0.6 is 11.3 Å². The van der Waals surface area contributed by atoms with Crippen molar-refractivity contribution >= 4 is 23.2 Å². The van der Waals surface area contributed by atoms with Gasteiger partial charge in [-0.05, 0) is 13.8 Å². The molecule has 28 heavy (non-hydrogen) atoms. The SMILES string of the molecule is CCN(CC)C(=O)[C@@H]1Cn2ccnc2C2(CCN(C(=O)c3cscn3)CC2)O1. The molecular formula is C19H25N5O3S. The molecular weight excluding hydrogens is 378 g/mol. The van der Waals surface area contributed by atoms with E-state index in [1.165, 1.54) is 11.3 Å². The molecule has 1 atom stereocenters. The lowest BCUT2D eigenvalue weighted by Gasteiger charge is -2.46. The lowest BCUT2D eigenvalue weighted by Crippen LogP contribution is -2.55. The summed E-state index contributed by atoms with van der Waals surface area (Å²) in [5, 5.41) is 1.77. The second-order valence-electron chi connectivity index (χ2n) is 7.18. The molecule has 0 aromatic carbocycles. The van der Waals surface area contributed by atoms with Gasteiger partial charge in [0.25, 0.3) is 11.8 Å². The summed E-state index contributed by atoms with van der Waals surface area (Å²) in [4.78, 5) is 37.8. The number of aromatic nitrogens is 3. The van der Waals surface area contributed by atoms with Crippen LogP contribution in [0.25, 0.3) is 0 Å². The maximum absolute atomic E-state index is 12.9. The van der Waals surface area contributed by atoms with E-state index in [0.29, 0.717) is 51.3 Å². The first-order valence-electron chi connectivity index (χ1n) is 9.73. The molecule has 2 aromatic rings. The molecule has 2 aliphatic heterocycles. The van der Waals surface area contributed by atoms with E-state index in [9.17, 15) is 9.59 Å². The highest BCUT2D eigenvalue weighted by Gasteiger charge is 2.48. The zero-order valence-corrected chi connectivity index (χ0v) is 17.0. The van der Waals surface area contributed by atoms with Crippen LogP contribution in [0, 0.1) is 0 Å². The fraction of sp³-hybridized carbons (Fsp3) is 0.579. The number of likely N-dealkylation sites (tertiary alicyclic amines) is 1. The van der Waals surface area contributed by atoms with E-state index in [4.69, 9.17) is 4.74 Å². The molecule has 2 amide bonds. The van der Waals surface area contributed by atoms with E-state index in [1.54, 1.807) is 22.0 Å². The van der Waals surface area contributed by atoms with Gasteiger partial charge in [-0.25, -0.2) is 9.97 Å². The first-order chi connectivity index (χ1) is 13.6. The van der Waals surface area contributed by atoms with Gasteiger partial charge in [0.1, 0.15) is 17.1 Å². The number of thiazole rings is 1. The van der Waals surface area contributed by atoms with Crippen LogP contribution < -0.4 is 0 Å². The van der Waals surface area contributed by atoms with Crippen LogP contribution in [0.15, 0.2) is 23.3 Å². The lowest BCUT2D eigenvalue weighted by atomic mass is 9.88. The van der Waals surface area contributed by atoms with Gasteiger partial charge in [0.05, 0.1) is 12.1 Å². The Morgan fingerprint density at radius 3 is 2.68 bits per heavy atom. The summed E-state index contributed by atoms with van der Waals surface area (Å²) in [6.45, 7) is 6.86. The normalized spacial score (nSPS) is 20.8. The number of amides is 2. The molecule has 0 unspecified atom stereocenters. The number of ether oxygens (including phenoxy) is 1. The van der Waals surface area contributed by atoms with Crippen LogP contribution in [0.4, 0.5) is 0 Å². The Morgan fingerprint density at radius 1 is 1.29 bits per heavy atom. The molecule has 2 aliphatic rings. The number of carbonyl (C=O) groups is 2. The molecule has 0 radical (unpaired) electrons. The van der Waals surface area contributed by atoms with Gasteiger partial charge in [0, 0.05) is 56.8 Å². The van der Waals surface area contributed by atoms with E-state index in [1.807, 2.05) is 29.5 Å². The van der Waals surface area contributed by atoms with Crippen molar-refractivity contribution in [1.82, 2.24) is 24.3 Å². The van der Waals surface area contributed by atoms with Gasteiger partial charge in [-0.15, -0.1) is 11.3 Å². The van der Waals surface area contributed by atoms with Crippen molar-refractivity contribution in [2.24, 2.45) is 0 Å². The molecule has 4 rings (SSSR count). The van der Waals surface area contributed by atoms with Crippen molar-refractivity contribution in [3.63, 3.8) is 0 Å². The van der Waals surface area contributed by atoms with E-state index >= 15 is 0 Å². The molecule has 0 N–H and O–H groups in total. The van der Waals surface area contributed by atoms with Crippen molar-refractivity contribution < 1.29 is 14.3 Å². The number of nitrogens with zero attached hydrogens (tertiary/aromatic N) is 5. The molecule has 4 heterocycles. The van der Waals surface area contributed by atoms with E-state index in [-0.39, 0.29) is 11.8 Å². The van der Waals surface area contributed by atoms with Gasteiger partial charge in [-0.3, -0.25) is 9.59 Å². The van der Waals surface area contributed by atoms with E-state index < -0.39 is 11.7 Å². The minimum atomic E-state index is -0.631. The van der Waals surface area contributed by atoms with Crippen LogP contribution in [0.2, 0.25) is 0 Å². The second-order valence-corrected chi connectivity index (χ2v) is 7.90. The van der Waals surface area contributed by atoms with E-state index in [2.05, 4.69) is 9.97 Å². The molecule has 0 saturated carbocycles. The molecule has 0 bridgehead atoms. The van der Waals surface area contributed by atoms with Gasteiger partial charge in [-0.2, -0.15) is 0 Å². The number of fused-ring (bicyclic) bond motifs is 2. The van der Waals surface area contributed by atoms with Crippen molar-refractivity contribution in [3.05, 3.63) is 34.8 Å². The first-order valence-corrected chi connectivity index (χ1v) is 10.7. The Kier molecular flexibility index (Phi) is 5.20. The largest absolute Gasteiger partial charge is 0.352 e. The Morgan fingerprint density at radius 2 is 2.04 bits per heavy atom. The number of hydrogen-bond acceptors (Lipinski definition) is 6. The summed E-state index contributed by atoms with van der Waals surface area (Å²) in [5.41, 5.74) is 1.53. The van der Waals surface area contributed by atoms with Gasteiger partial charge >= 0.3 is 0 Å². The summed E-state index contributed by atoms with van der Waals surface area (Å²) in [6, 6.07) is 0. The molecule has 2 aromatic heterocycles. The fourth-order valence-electron chi connectivity index (χ4n) is 4.16. The van der Waals surface area contributed by atoms with Crippen LogP contribution in [0.1, 0.15) is 43.0 Å². The monoisotopic (exact) mass is 403 g/mol. The molecule has 8 nitrogen and oxygen atoms in total. The standard InChI is InChI=1S/C19H25N5O3S/c1-3-22(4-2)17(26)15-11-24-10-7-20-18(24)19(27-15)5-8-23(9-6-19)16(25)14-12-28-13-21-14/h7,10,12-13,15H,3-6,8-9,11H2,1-2H3/t15-/m0/s1. The van der Waals surface area contributed by atoms with Crippen LogP contribution in [-0.2, 0) is 21.7 Å². The highest BCUT2D eigenvalue weighted by molar-refractivity contribution is 7.07. The smallest absolute Gasteiger partial charge is 0.273 e. The Bertz CT molecular complexity index is 838. The van der Waals surface area contributed by atoms with E-state index in [0.717, 1.165) is 5.82 Å². The quantitative estimate of drug-likeness (QED) is 0.777. The van der Waals surface area contributed by atoms with Crippen molar-refractivity contribution in [2.75, 3.05) is 26.2 Å². The van der Waals surface area contributed by atoms with Crippen LogP contribution in [0.5, 0.6) is 0 Å². The molecule has 9 heteroatoms. The van der Waals surface area contributed by atoms with Crippen molar-refractivity contribution in [3.8, 4) is 0 Å². The topological polar surface area (TPSA) is 80.6 Å². The molecule has 1 spiro atoms. The third-order valence-electron chi connectivity index (χ3n) is 5.71. The highest BCUT2D eigenvalue weighted by Crippen LogP contribution is 2.40. The number of rotatable bonds is 4. The summed E-state index contributed by atoms with van der Waals surface area (Å²) < 4.78 is 8.47. The molecule has 0 aliphatic carbocycles. The van der Waals surface area contributed by atoms with Crippen molar-refractivity contribution in [2.45, 2.75) is 44.9 Å². The lowest BCUT2D eigenvalue weighted by molar-refractivity contribution is -0.179. The van der Waals surface area contributed by atoms with Crippen LogP contribution in [-0.4, -0.2) is 68.4 Å². The second kappa shape index (κ2) is 7.63. The summed E-state index contributed by atoms with van der Waals surface area (Å²) in [7, 11) is 0. The predicted molar refractivity (Wildman–Crippen MR) is 104 cm³/mol. The number of hydrogen-bond donors (Lipinski definition) is 0. The Balaban J connectivity index is 1.54. The maximum Gasteiger partial charge on any atom is 0.273 e. The summed E-state index contributed by atoms with van der Waals surface area (Å²) in [6.07, 6.45) is 4.37. The maximum atomic E-state index is 12.9. The first kappa shape index (κ1) is 19.1. The van der Waals surface area contributed by atoms with Gasteiger partial charge in [0.2, 0.25) is 0 Å². The zero-order chi connectivity index (χ0) is 19.7. The number of likely N-dealkylation sites (N-methyl/N-ethyl adjacent to an activating group) is 1. The average molecular weight is 404 g/mol. The highest BCUT2D eigenvalue weighted by atomic mass is 32.1. The van der Waals surface area contributed by atoms with Gasteiger partial charge in [0.15, 0.2) is 6.10 Å². The molecule has 1 saturated heterocycles. The Hall–Kier alpha value is -2.26. The average Bonchev–Trinajstić information content (AvgIpc) is 3.41. The number of piperidine rings is 1. The molecule has 150 valence electrons. The van der Waals surface area contributed by atoms with Gasteiger partial charge < -0.3 is 19.1 Å². The van der Waals surface area contributed by atoms with Gasteiger partial charge in [-0.1, -0.05) is 0 Å². The molecule has 1 fully saturated rings.